The van der Waals surface area contributed by atoms with Gasteiger partial charge in [-0.2, -0.15) is 0 Å². The molecule has 0 saturated heterocycles. The third kappa shape index (κ3) is 5.00. The SMILES string of the molecule is C1=CC2=C(CC1)C1(c3ccccc32)c2ccccc2-c2c1ccc1c2Oc2cccc(N(c3ccc(-c4ccc5ccccc5c4)cc3)c3ccccc3-c3ccccc3)c2O1. The summed E-state index contributed by atoms with van der Waals surface area (Å²) in [6.07, 6.45) is 6.72. The molecule has 0 amide bonds. The zero-order valence-electron chi connectivity index (χ0n) is 33.9. The van der Waals surface area contributed by atoms with Gasteiger partial charge < -0.3 is 14.4 Å². The van der Waals surface area contributed by atoms with Gasteiger partial charge in [-0.1, -0.05) is 170 Å². The summed E-state index contributed by atoms with van der Waals surface area (Å²) >= 11 is 0. The number of fused-ring (bicyclic) bond motifs is 13. The minimum absolute atomic E-state index is 0.389. The minimum Gasteiger partial charge on any atom is -0.449 e. The van der Waals surface area contributed by atoms with Gasteiger partial charge >= 0.3 is 0 Å². The van der Waals surface area contributed by atoms with E-state index < -0.39 is 0 Å². The summed E-state index contributed by atoms with van der Waals surface area (Å²) in [4.78, 5) is 2.32. The second-order valence-corrected chi connectivity index (χ2v) is 16.6. The first-order valence-corrected chi connectivity index (χ1v) is 21.6. The van der Waals surface area contributed by atoms with Crippen LogP contribution in [0.1, 0.15) is 35.1 Å². The maximum absolute atomic E-state index is 7.21. The largest absolute Gasteiger partial charge is 0.449 e. The highest BCUT2D eigenvalue weighted by Gasteiger charge is 2.54. The Bertz CT molecular complexity index is 3360. The quantitative estimate of drug-likeness (QED) is 0.173. The maximum atomic E-state index is 7.21. The van der Waals surface area contributed by atoms with Crippen LogP contribution >= 0.6 is 0 Å². The number of anilines is 3. The summed E-state index contributed by atoms with van der Waals surface area (Å²) in [7, 11) is 0. The second kappa shape index (κ2) is 13.6. The van der Waals surface area contributed by atoms with Crippen LogP contribution in [0.5, 0.6) is 23.0 Å². The van der Waals surface area contributed by atoms with Gasteiger partial charge in [0.1, 0.15) is 0 Å². The monoisotopic (exact) mass is 793 g/mol. The highest BCUT2D eigenvalue weighted by molar-refractivity contribution is 6.00. The number of para-hydroxylation sites is 2. The molecule has 3 aliphatic carbocycles. The third-order valence-corrected chi connectivity index (χ3v) is 13.4. The number of hydrogen-bond acceptors (Lipinski definition) is 3. The molecule has 0 bridgehead atoms. The van der Waals surface area contributed by atoms with Crippen molar-refractivity contribution >= 4 is 33.4 Å². The summed E-state index contributed by atoms with van der Waals surface area (Å²) in [5.41, 5.74) is 17.5. The molecule has 1 unspecified atom stereocenters. The Kier molecular flexibility index (Phi) is 7.65. The van der Waals surface area contributed by atoms with E-state index in [9.17, 15) is 0 Å². The molecular weight excluding hydrogens is 755 g/mol. The first-order chi connectivity index (χ1) is 30.8. The first-order valence-electron chi connectivity index (χ1n) is 21.6. The Morgan fingerprint density at radius 3 is 1.95 bits per heavy atom. The average molecular weight is 794 g/mol. The lowest BCUT2D eigenvalue weighted by molar-refractivity contribution is 0.361. The van der Waals surface area contributed by atoms with Gasteiger partial charge in [-0.05, 0) is 122 Å². The predicted molar refractivity (Wildman–Crippen MR) is 253 cm³/mol. The molecule has 1 atom stereocenters. The van der Waals surface area contributed by atoms with Gasteiger partial charge in [0.15, 0.2) is 23.0 Å². The van der Waals surface area contributed by atoms with Crippen LogP contribution in [0.2, 0.25) is 0 Å². The first kappa shape index (κ1) is 34.9. The standard InChI is InChI=1S/C59H39NO2/c1-2-16-40(17-3-1)44-19-9-13-26-52(44)60(43-33-31-39(32-34-43)42-30-29-38-15-4-5-18-41(38)37-42)53-27-14-28-54-57(53)61-55-36-35-51-56(58(55)62-54)47-22-8-12-25-50(47)59(51)48-23-10-6-20-45(48)46-21-7-11-24-49(46)59/h1-10,12-23,25-37H,11,24H2. The minimum atomic E-state index is -0.389. The van der Waals surface area contributed by atoms with Gasteiger partial charge in [-0.15, -0.1) is 0 Å². The molecule has 3 nitrogen and oxygen atoms in total. The molecule has 0 N–H and O–H groups in total. The zero-order chi connectivity index (χ0) is 40.8. The van der Waals surface area contributed by atoms with E-state index in [1.165, 1.54) is 55.3 Å². The Balaban J connectivity index is 0.969. The summed E-state index contributed by atoms with van der Waals surface area (Å²) in [5, 5.41) is 2.46. The summed E-state index contributed by atoms with van der Waals surface area (Å²) in [5.74, 6) is 2.84. The van der Waals surface area contributed by atoms with E-state index in [1.807, 2.05) is 6.07 Å². The second-order valence-electron chi connectivity index (χ2n) is 16.6. The van der Waals surface area contributed by atoms with Gasteiger partial charge in [0, 0.05) is 16.8 Å². The Morgan fingerprint density at radius 2 is 1.10 bits per heavy atom. The van der Waals surface area contributed by atoms with E-state index in [-0.39, 0.29) is 5.41 Å². The van der Waals surface area contributed by atoms with Crippen molar-refractivity contribution in [3.8, 4) is 56.4 Å². The molecule has 9 aromatic rings. The topological polar surface area (TPSA) is 21.7 Å². The number of nitrogens with zero attached hydrogens (tertiary/aromatic N) is 1. The fraction of sp³-hybridized carbons (Fsp3) is 0.0508. The van der Waals surface area contributed by atoms with E-state index in [2.05, 4.69) is 211 Å². The zero-order valence-corrected chi connectivity index (χ0v) is 33.9. The van der Waals surface area contributed by atoms with Crippen LogP contribution in [-0.2, 0) is 5.41 Å². The third-order valence-electron chi connectivity index (χ3n) is 13.4. The van der Waals surface area contributed by atoms with Gasteiger partial charge in [0.05, 0.1) is 16.8 Å². The average Bonchev–Trinajstić information content (AvgIpc) is 3.82. The molecule has 4 aliphatic rings. The van der Waals surface area contributed by atoms with Crippen LogP contribution in [0.15, 0.2) is 218 Å². The van der Waals surface area contributed by atoms with Crippen molar-refractivity contribution in [2.24, 2.45) is 0 Å². The van der Waals surface area contributed by atoms with Crippen molar-refractivity contribution in [2.45, 2.75) is 18.3 Å². The molecule has 0 aromatic heterocycles. The maximum Gasteiger partial charge on any atom is 0.194 e. The molecule has 13 rings (SSSR count). The number of ether oxygens (including phenoxy) is 2. The van der Waals surface area contributed by atoms with Gasteiger partial charge in [0.2, 0.25) is 0 Å². The molecule has 292 valence electrons. The smallest absolute Gasteiger partial charge is 0.194 e. The lowest BCUT2D eigenvalue weighted by atomic mass is 9.68. The van der Waals surface area contributed by atoms with Crippen LogP contribution < -0.4 is 14.4 Å². The van der Waals surface area contributed by atoms with E-state index >= 15 is 0 Å². The fourth-order valence-electron chi connectivity index (χ4n) is 10.8. The fourth-order valence-corrected chi connectivity index (χ4v) is 10.8. The highest BCUT2D eigenvalue weighted by Crippen LogP contribution is 2.67. The lowest BCUT2D eigenvalue weighted by Crippen LogP contribution is -2.27. The van der Waals surface area contributed by atoms with E-state index in [1.54, 1.807) is 0 Å². The van der Waals surface area contributed by atoms with Gasteiger partial charge in [-0.3, -0.25) is 0 Å². The van der Waals surface area contributed by atoms with Crippen molar-refractivity contribution in [1.29, 1.82) is 0 Å². The van der Waals surface area contributed by atoms with Crippen molar-refractivity contribution in [1.82, 2.24) is 0 Å². The summed E-state index contributed by atoms with van der Waals surface area (Å²) in [6.45, 7) is 0. The molecule has 1 aliphatic heterocycles. The van der Waals surface area contributed by atoms with Crippen LogP contribution in [-0.4, -0.2) is 0 Å². The molecule has 1 spiro atoms. The molecule has 0 fully saturated rings. The van der Waals surface area contributed by atoms with Crippen LogP contribution in [0.4, 0.5) is 17.1 Å². The summed E-state index contributed by atoms with van der Waals surface area (Å²) < 4.78 is 14.4. The predicted octanol–water partition coefficient (Wildman–Crippen LogP) is 16.0. The highest BCUT2D eigenvalue weighted by atomic mass is 16.6. The van der Waals surface area contributed by atoms with Crippen LogP contribution in [0.3, 0.4) is 0 Å². The summed E-state index contributed by atoms with van der Waals surface area (Å²) in [6, 6.07) is 72.0. The number of benzene rings is 9. The molecule has 1 heterocycles. The Morgan fingerprint density at radius 1 is 0.435 bits per heavy atom. The van der Waals surface area contributed by atoms with Crippen molar-refractivity contribution in [3.63, 3.8) is 0 Å². The number of rotatable bonds is 5. The van der Waals surface area contributed by atoms with E-state index in [4.69, 9.17) is 9.47 Å². The molecular formula is C59H39NO2. The lowest BCUT2D eigenvalue weighted by Gasteiger charge is -2.34. The van der Waals surface area contributed by atoms with Crippen molar-refractivity contribution in [2.75, 3.05) is 4.90 Å². The van der Waals surface area contributed by atoms with Crippen molar-refractivity contribution < 1.29 is 9.47 Å². The Hall–Kier alpha value is -7.88. The van der Waals surface area contributed by atoms with Gasteiger partial charge in [0.25, 0.3) is 0 Å². The molecule has 3 heteroatoms. The van der Waals surface area contributed by atoms with Gasteiger partial charge in [-0.25, -0.2) is 0 Å². The molecule has 0 saturated carbocycles. The number of hydrogen-bond donors (Lipinski definition) is 0. The van der Waals surface area contributed by atoms with E-state index in [0.717, 1.165) is 57.9 Å². The van der Waals surface area contributed by atoms with E-state index in [0.29, 0.717) is 17.2 Å². The Labute approximate surface area is 361 Å². The molecule has 62 heavy (non-hydrogen) atoms. The number of allylic oxidation sites excluding steroid dienone is 4. The van der Waals surface area contributed by atoms with Crippen LogP contribution in [0.25, 0.3) is 49.7 Å². The normalized spacial score (nSPS) is 16.1. The molecule has 9 aromatic carbocycles. The molecule has 0 radical (unpaired) electrons. The van der Waals surface area contributed by atoms with Crippen molar-refractivity contribution in [3.05, 3.63) is 240 Å². The van der Waals surface area contributed by atoms with Crippen LogP contribution in [0, 0.1) is 0 Å².